The van der Waals surface area contributed by atoms with Crippen LogP contribution in [0.25, 0.3) is 0 Å². The molecule has 1 N–H and O–H groups in total. The molecule has 1 aliphatic rings. The van der Waals surface area contributed by atoms with E-state index in [4.69, 9.17) is 0 Å². The second-order valence-electron chi connectivity index (χ2n) is 5.83. The van der Waals surface area contributed by atoms with E-state index in [-0.39, 0.29) is 11.3 Å². The highest BCUT2D eigenvalue weighted by Crippen LogP contribution is 2.42. The molecule has 0 saturated carbocycles. The molecule has 0 saturated heterocycles. The minimum Gasteiger partial charge on any atom is -0.375 e. The number of likely N-dealkylation sites (N-methyl/N-ethyl adjacent to an activating group) is 1. The molecule has 0 aromatic heterocycles. The van der Waals surface area contributed by atoms with Gasteiger partial charge >= 0.3 is 0 Å². The van der Waals surface area contributed by atoms with Gasteiger partial charge in [0, 0.05) is 29.8 Å². The SMILES string of the molecule is CCN1C(=O)C(O)(CC(=O)c2cccc([N+](=O)[O-])c2)c2ccccc21. The largest absolute Gasteiger partial charge is 0.375 e. The summed E-state index contributed by atoms with van der Waals surface area (Å²) < 4.78 is 0. The Morgan fingerprint density at radius 3 is 2.64 bits per heavy atom. The third-order valence-electron chi connectivity index (χ3n) is 4.35. The average Bonchev–Trinajstić information content (AvgIpc) is 2.82. The van der Waals surface area contributed by atoms with Crippen molar-refractivity contribution in [2.75, 3.05) is 11.4 Å². The molecule has 0 aliphatic carbocycles. The average molecular weight is 340 g/mol. The zero-order valence-corrected chi connectivity index (χ0v) is 13.5. The molecular weight excluding hydrogens is 324 g/mol. The number of anilines is 1. The maximum absolute atomic E-state index is 12.7. The van der Waals surface area contributed by atoms with Crippen LogP contribution in [0.2, 0.25) is 0 Å². The molecule has 0 spiro atoms. The molecule has 1 unspecified atom stereocenters. The standard InChI is InChI=1S/C18H16N2O5/c1-2-19-15-9-4-3-8-14(15)18(23,17(19)22)11-16(21)12-6-5-7-13(10-12)20(24)25/h3-10,23H,2,11H2,1H3. The van der Waals surface area contributed by atoms with Crippen molar-refractivity contribution in [3.63, 3.8) is 0 Å². The number of aliphatic hydroxyl groups is 1. The van der Waals surface area contributed by atoms with E-state index in [0.29, 0.717) is 17.8 Å². The van der Waals surface area contributed by atoms with Gasteiger partial charge < -0.3 is 10.0 Å². The predicted molar refractivity (Wildman–Crippen MR) is 90.4 cm³/mol. The fourth-order valence-electron chi connectivity index (χ4n) is 3.12. The first-order valence-corrected chi connectivity index (χ1v) is 7.80. The predicted octanol–water partition coefficient (Wildman–Crippen LogP) is 2.42. The lowest BCUT2D eigenvalue weighted by Crippen LogP contribution is -2.41. The van der Waals surface area contributed by atoms with E-state index in [0.717, 1.165) is 6.07 Å². The van der Waals surface area contributed by atoms with E-state index in [9.17, 15) is 24.8 Å². The molecule has 1 aliphatic heterocycles. The molecule has 128 valence electrons. The van der Waals surface area contributed by atoms with Crippen molar-refractivity contribution >= 4 is 23.1 Å². The first kappa shape index (κ1) is 16.8. The number of non-ortho nitro benzene ring substituents is 1. The van der Waals surface area contributed by atoms with Gasteiger partial charge in [-0.1, -0.05) is 30.3 Å². The number of benzene rings is 2. The number of Topliss-reactive ketones (excluding diaryl/α,β-unsaturated/α-hetero) is 1. The Hall–Kier alpha value is -3.06. The molecule has 2 aromatic carbocycles. The van der Waals surface area contributed by atoms with Gasteiger partial charge in [0.15, 0.2) is 11.4 Å². The van der Waals surface area contributed by atoms with E-state index in [1.54, 1.807) is 31.2 Å². The fourth-order valence-corrected chi connectivity index (χ4v) is 3.12. The molecule has 0 bridgehead atoms. The first-order valence-electron chi connectivity index (χ1n) is 7.80. The van der Waals surface area contributed by atoms with Crippen LogP contribution >= 0.6 is 0 Å². The van der Waals surface area contributed by atoms with Crippen LogP contribution in [0, 0.1) is 10.1 Å². The quantitative estimate of drug-likeness (QED) is 0.512. The van der Waals surface area contributed by atoms with E-state index in [1.807, 2.05) is 0 Å². The number of carbonyl (C=O) groups is 2. The van der Waals surface area contributed by atoms with Crippen molar-refractivity contribution in [3.8, 4) is 0 Å². The van der Waals surface area contributed by atoms with Crippen molar-refractivity contribution in [2.45, 2.75) is 18.9 Å². The van der Waals surface area contributed by atoms with Crippen molar-refractivity contribution in [3.05, 3.63) is 69.8 Å². The summed E-state index contributed by atoms with van der Waals surface area (Å²) in [5.74, 6) is -1.10. The molecule has 1 amide bonds. The highest BCUT2D eigenvalue weighted by molar-refractivity contribution is 6.10. The summed E-state index contributed by atoms with van der Waals surface area (Å²) in [6.07, 6.45) is -0.472. The minimum absolute atomic E-state index is 0.0860. The fraction of sp³-hybridized carbons (Fsp3) is 0.222. The first-order chi connectivity index (χ1) is 11.9. The number of nitro groups is 1. The van der Waals surface area contributed by atoms with Gasteiger partial charge in [0.05, 0.1) is 17.0 Å². The Morgan fingerprint density at radius 2 is 1.96 bits per heavy atom. The summed E-state index contributed by atoms with van der Waals surface area (Å²) in [6.45, 7) is 2.14. The van der Waals surface area contributed by atoms with Crippen molar-refractivity contribution in [2.24, 2.45) is 0 Å². The molecule has 0 radical (unpaired) electrons. The number of carbonyl (C=O) groups excluding carboxylic acids is 2. The summed E-state index contributed by atoms with van der Waals surface area (Å²) in [5, 5.41) is 21.8. The van der Waals surface area contributed by atoms with Crippen molar-refractivity contribution in [1.82, 2.24) is 0 Å². The maximum atomic E-state index is 12.7. The van der Waals surface area contributed by atoms with Crippen molar-refractivity contribution in [1.29, 1.82) is 0 Å². The summed E-state index contributed by atoms with van der Waals surface area (Å²) in [5.41, 5.74) is -1.15. The number of fused-ring (bicyclic) bond motifs is 1. The number of hydrogen-bond acceptors (Lipinski definition) is 5. The molecule has 7 nitrogen and oxygen atoms in total. The number of hydrogen-bond donors (Lipinski definition) is 1. The van der Waals surface area contributed by atoms with Gasteiger partial charge in [-0.15, -0.1) is 0 Å². The Kier molecular flexibility index (Phi) is 4.10. The van der Waals surface area contributed by atoms with Gasteiger partial charge in [-0.2, -0.15) is 0 Å². The van der Waals surface area contributed by atoms with E-state index >= 15 is 0 Å². The number of ketones is 1. The molecule has 1 atom stereocenters. The van der Waals surface area contributed by atoms with Gasteiger partial charge in [0.25, 0.3) is 11.6 Å². The molecule has 7 heteroatoms. The zero-order chi connectivity index (χ0) is 18.2. The smallest absolute Gasteiger partial charge is 0.270 e. The summed E-state index contributed by atoms with van der Waals surface area (Å²) >= 11 is 0. The molecule has 2 aromatic rings. The van der Waals surface area contributed by atoms with Crippen molar-refractivity contribution < 1.29 is 19.6 Å². The van der Waals surface area contributed by atoms with Gasteiger partial charge in [-0.3, -0.25) is 19.7 Å². The number of nitro benzene ring substituents is 1. The molecular formula is C18H16N2O5. The van der Waals surface area contributed by atoms with Crippen LogP contribution < -0.4 is 4.90 Å². The van der Waals surface area contributed by atoms with Crippen LogP contribution in [-0.4, -0.2) is 28.3 Å². The minimum atomic E-state index is -1.96. The molecule has 1 heterocycles. The van der Waals surface area contributed by atoms with Crippen LogP contribution in [0.5, 0.6) is 0 Å². The topological polar surface area (TPSA) is 101 Å². The highest BCUT2D eigenvalue weighted by atomic mass is 16.6. The molecule has 3 rings (SSSR count). The Balaban J connectivity index is 1.97. The van der Waals surface area contributed by atoms with Gasteiger partial charge in [-0.05, 0) is 13.0 Å². The molecule has 0 fully saturated rings. The summed E-state index contributed by atoms with van der Waals surface area (Å²) in [7, 11) is 0. The van der Waals surface area contributed by atoms with E-state index < -0.39 is 28.6 Å². The van der Waals surface area contributed by atoms with Crippen LogP contribution in [0.1, 0.15) is 29.3 Å². The number of para-hydroxylation sites is 1. The number of rotatable bonds is 5. The third-order valence-corrected chi connectivity index (χ3v) is 4.35. The van der Waals surface area contributed by atoms with Crippen LogP contribution in [0.4, 0.5) is 11.4 Å². The zero-order valence-electron chi connectivity index (χ0n) is 13.5. The second kappa shape index (κ2) is 6.10. The summed E-state index contributed by atoms with van der Waals surface area (Å²) in [6, 6.07) is 12.0. The van der Waals surface area contributed by atoms with E-state index in [2.05, 4.69) is 0 Å². The third kappa shape index (κ3) is 2.68. The Morgan fingerprint density at radius 1 is 1.24 bits per heavy atom. The van der Waals surface area contributed by atoms with Crippen LogP contribution in [0.15, 0.2) is 48.5 Å². The van der Waals surface area contributed by atoms with E-state index in [1.165, 1.54) is 23.1 Å². The monoisotopic (exact) mass is 340 g/mol. The van der Waals surface area contributed by atoms with Gasteiger partial charge in [-0.25, -0.2) is 0 Å². The Bertz CT molecular complexity index is 879. The lowest BCUT2D eigenvalue weighted by Gasteiger charge is -2.22. The normalized spacial score (nSPS) is 19.0. The van der Waals surface area contributed by atoms with Crippen LogP contribution in [0.3, 0.4) is 0 Å². The lowest BCUT2D eigenvalue weighted by molar-refractivity contribution is -0.384. The Labute approximate surface area is 143 Å². The second-order valence-corrected chi connectivity index (χ2v) is 5.83. The van der Waals surface area contributed by atoms with Crippen LogP contribution in [-0.2, 0) is 10.4 Å². The van der Waals surface area contributed by atoms with Gasteiger partial charge in [0.2, 0.25) is 0 Å². The molecule has 25 heavy (non-hydrogen) atoms. The maximum Gasteiger partial charge on any atom is 0.270 e. The lowest BCUT2D eigenvalue weighted by atomic mass is 9.88. The highest BCUT2D eigenvalue weighted by Gasteiger charge is 2.50. The summed E-state index contributed by atoms with van der Waals surface area (Å²) in [4.78, 5) is 36.9. The van der Waals surface area contributed by atoms with Gasteiger partial charge in [0.1, 0.15) is 0 Å². The number of nitrogens with zero attached hydrogens (tertiary/aromatic N) is 2. The number of amides is 1.